The van der Waals surface area contributed by atoms with Crippen molar-refractivity contribution in [1.29, 1.82) is 0 Å². The maximum Gasteiger partial charge on any atom is 0.307 e. The van der Waals surface area contributed by atoms with Gasteiger partial charge in [-0.25, -0.2) is 0 Å². The number of aromatic nitrogens is 1. The highest BCUT2D eigenvalue weighted by Gasteiger charge is 2.11. The fraction of sp³-hybridized carbons (Fsp3) is 0.182. The van der Waals surface area contributed by atoms with Gasteiger partial charge in [-0.1, -0.05) is 11.3 Å². The topological polar surface area (TPSA) is 74.4 Å². The maximum absolute atomic E-state index is 11.4. The molecule has 2 rings (SSSR count). The van der Waals surface area contributed by atoms with Gasteiger partial charge in [0.2, 0.25) is 0 Å². The summed E-state index contributed by atoms with van der Waals surface area (Å²) in [5.41, 5.74) is 0.606. The largest absolute Gasteiger partial charge is 0.496 e. The molecule has 0 aliphatic carbocycles. The number of nitrogens with zero attached hydrogens (tertiary/aromatic N) is 2. The van der Waals surface area contributed by atoms with Crippen molar-refractivity contribution in [2.24, 2.45) is 0 Å². The minimum absolute atomic E-state index is 0.0485. The second-order valence-electron chi connectivity index (χ2n) is 3.59. The third-order valence-corrected chi connectivity index (χ3v) is 3.09. The Morgan fingerprint density at radius 2 is 2.22 bits per heavy atom. The molecule has 0 spiro atoms. The first-order valence-corrected chi connectivity index (χ1v) is 5.94. The highest BCUT2D eigenvalue weighted by molar-refractivity contribution is 7.07. The Balaban J connectivity index is 2.38. The summed E-state index contributed by atoms with van der Waals surface area (Å²) in [6, 6.07) is 4.46. The molecular weight excluding hydrogens is 256 g/mol. The van der Waals surface area contributed by atoms with E-state index in [0.29, 0.717) is 17.9 Å². The number of non-ortho nitro benzene ring substituents is 1. The highest BCUT2D eigenvalue weighted by Crippen LogP contribution is 2.22. The van der Waals surface area contributed by atoms with Crippen LogP contribution < -0.4 is 9.61 Å². The summed E-state index contributed by atoms with van der Waals surface area (Å²) >= 11 is 1.09. The molecule has 1 aromatic carbocycles. The molecule has 1 heterocycles. The predicted molar refractivity (Wildman–Crippen MR) is 67.3 cm³/mol. The SMILES string of the molecule is COc1cc(Cn2ccsc2=O)cc([N+](=O)[O-])c1. The molecule has 0 atom stereocenters. The van der Waals surface area contributed by atoms with Gasteiger partial charge < -0.3 is 9.30 Å². The summed E-state index contributed by atoms with van der Waals surface area (Å²) in [5.74, 6) is 0.405. The van der Waals surface area contributed by atoms with Crippen molar-refractivity contribution in [2.75, 3.05) is 7.11 Å². The zero-order valence-corrected chi connectivity index (χ0v) is 10.3. The average molecular weight is 266 g/mol. The number of hydrogen-bond donors (Lipinski definition) is 0. The molecule has 0 bridgehead atoms. The highest BCUT2D eigenvalue weighted by atomic mass is 32.1. The Bertz CT molecular complexity index is 632. The van der Waals surface area contributed by atoms with E-state index < -0.39 is 4.92 Å². The number of nitro groups is 1. The lowest BCUT2D eigenvalue weighted by atomic mass is 10.2. The van der Waals surface area contributed by atoms with E-state index in [1.807, 2.05) is 0 Å². The van der Waals surface area contributed by atoms with E-state index in [-0.39, 0.29) is 10.6 Å². The molecule has 0 N–H and O–H groups in total. The molecule has 0 radical (unpaired) electrons. The molecule has 0 aliphatic rings. The van der Waals surface area contributed by atoms with Crippen LogP contribution in [-0.4, -0.2) is 16.6 Å². The summed E-state index contributed by atoms with van der Waals surface area (Å²) in [6.45, 7) is 0.292. The Kier molecular flexibility index (Phi) is 3.42. The van der Waals surface area contributed by atoms with Crippen LogP contribution in [0.4, 0.5) is 5.69 Å². The van der Waals surface area contributed by atoms with Gasteiger partial charge >= 0.3 is 4.87 Å². The smallest absolute Gasteiger partial charge is 0.307 e. The van der Waals surface area contributed by atoms with Crippen LogP contribution in [0, 0.1) is 10.1 Å². The summed E-state index contributed by atoms with van der Waals surface area (Å²) in [4.78, 5) is 21.6. The number of hydrogen-bond acceptors (Lipinski definition) is 5. The summed E-state index contributed by atoms with van der Waals surface area (Å²) < 4.78 is 6.50. The molecule has 0 aliphatic heterocycles. The normalized spacial score (nSPS) is 10.3. The molecule has 0 saturated heterocycles. The molecule has 0 unspecified atom stereocenters. The van der Waals surface area contributed by atoms with Crippen molar-refractivity contribution in [3.05, 3.63) is 55.1 Å². The van der Waals surface area contributed by atoms with E-state index in [0.717, 1.165) is 11.3 Å². The van der Waals surface area contributed by atoms with E-state index in [1.165, 1.54) is 23.8 Å². The van der Waals surface area contributed by atoms with Crippen molar-refractivity contribution in [1.82, 2.24) is 4.57 Å². The zero-order chi connectivity index (χ0) is 13.1. The van der Waals surface area contributed by atoms with Gasteiger partial charge in [0.15, 0.2) is 0 Å². The molecule has 6 nitrogen and oxygen atoms in total. The van der Waals surface area contributed by atoms with E-state index in [4.69, 9.17) is 4.74 Å². The first-order chi connectivity index (χ1) is 8.60. The lowest BCUT2D eigenvalue weighted by molar-refractivity contribution is -0.385. The Morgan fingerprint density at radius 1 is 1.44 bits per heavy atom. The molecule has 7 heteroatoms. The quantitative estimate of drug-likeness (QED) is 0.625. The zero-order valence-electron chi connectivity index (χ0n) is 9.53. The van der Waals surface area contributed by atoms with Crippen LogP contribution in [0.15, 0.2) is 34.6 Å². The Hall–Kier alpha value is -2.15. The molecule has 0 fully saturated rings. The van der Waals surface area contributed by atoms with Crippen LogP contribution in [0.25, 0.3) is 0 Å². The first-order valence-electron chi connectivity index (χ1n) is 5.06. The van der Waals surface area contributed by atoms with Crippen LogP contribution in [0.3, 0.4) is 0 Å². The standard InChI is InChI=1S/C11H10N2O4S/c1-17-10-5-8(4-9(6-10)13(15)16)7-12-2-3-18-11(12)14/h2-6H,7H2,1H3. The fourth-order valence-corrected chi connectivity index (χ4v) is 2.15. The Labute approximate surface area is 106 Å². The van der Waals surface area contributed by atoms with Crippen molar-refractivity contribution in [3.8, 4) is 5.75 Å². The lowest BCUT2D eigenvalue weighted by Gasteiger charge is -2.05. The molecule has 0 saturated carbocycles. The van der Waals surface area contributed by atoms with Crippen molar-refractivity contribution < 1.29 is 9.66 Å². The second-order valence-corrected chi connectivity index (χ2v) is 4.45. The molecular formula is C11H10N2O4S. The second kappa shape index (κ2) is 5.01. The molecule has 1 aromatic heterocycles. The lowest BCUT2D eigenvalue weighted by Crippen LogP contribution is -2.12. The number of methoxy groups -OCH3 is 1. The van der Waals surface area contributed by atoms with Crippen molar-refractivity contribution in [2.45, 2.75) is 6.54 Å². The first kappa shape index (κ1) is 12.3. The molecule has 2 aromatic rings. The van der Waals surface area contributed by atoms with E-state index in [9.17, 15) is 14.9 Å². The Morgan fingerprint density at radius 3 is 2.78 bits per heavy atom. The van der Waals surface area contributed by atoms with E-state index in [2.05, 4.69) is 0 Å². The van der Waals surface area contributed by atoms with Crippen LogP contribution >= 0.6 is 11.3 Å². The maximum atomic E-state index is 11.4. The monoisotopic (exact) mass is 266 g/mol. The predicted octanol–water partition coefficient (Wildman–Crippen LogP) is 1.87. The summed E-state index contributed by atoms with van der Waals surface area (Å²) in [5, 5.41) is 12.5. The van der Waals surface area contributed by atoms with Gasteiger partial charge in [0.25, 0.3) is 5.69 Å². The van der Waals surface area contributed by atoms with Gasteiger partial charge in [-0.05, 0) is 11.6 Å². The van der Waals surface area contributed by atoms with E-state index >= 15 is 0 Å². The average Bonchev–Trinajstić information content (AvgIpc) is 2.74. The van der Waals surface area contributed by atoms with Gasteiger partial charge in [-0.15, -0.1) is 0 Å². The number of benzene rings is 1. The van der Waals surface area contributed by atoms with Crippen LogP contribution in [0.5, 0.6) is 5.75 Å². The van der Waals surface area contributed by atoms with Gasteiger partial charge in [0.05, 0.1) is 24.6 Å². The van der Waals surface area contributed by atoms with Gasteiger partial charge in [-0.2, -0.15) is 0 Å². The van der Waals surface area contributed by atoms with Crippen molar-refractivity contribution >= 4 is 17.0 Å². The third-order valence-electron chi connectivity index (χ3n) is 2.39. The van der Waals surface area contributed by atoms with Gasteiger partial charge in [-0.3, -0.25) is 14.9 Å². The number of ether oxygens (including phenoxy) is 1. The molecule has 94 valence electrons. The van der Waals surface area contributed by atoms with Crippen molar-refractivity contribution in [3.63, 3.8) is 0 Å². The molecule has 18 heavy (non-hydrogen) atoms. The van der Waals surface area contributed by atoms with Gasteiger partial charge in [0.1, 0.15) is 5.75 Å². The van der Waals surface area contributed by atoms with Crippen LogP contribution in [0.2, 0.25) is 0 Å². The summed E-state index contributed by atoms with van der Waals surface area (Å²) in [6.07, 6.45) is 1.65. The number of nitro benzene ring substituents is 1. The minimum Gasteiger partial charge on any atom is -0.496 e. The fourth-order valence-electron chi connectivity index (χ4n) is 1.56. The molecule has 0 amide bonds. The summed E-state index contributed by atoms with van der Waals surface area (Å²) in [7, 11) is 1.44. The minimum atomic E-state index is -0.484. The number of thiazole rings is 1. The third kappa shape index (κ3) is 2.57. The number of rotatable bonds is 4. The van der Waals surface area contributed by atoms with Gasteiger partial charge in [0, 0.05) is 17.6 Å². The van der Waals surface area contributed by atoms with Crippen LogP contribution in [0.1, 0.15) is 5.56 Å². The van der Waals surface area contributed by atoms with E-state index in [1.54, 1.807) is 17.6 Å². The van der Waals surface area contributed by atoms with Crippen LogP contribution in [-0.2, 0) is 6.54 Å².